The highest BCUT2D eigenvalue weighted by Gasteiger charge is 2.32. The van der Waals surface area contributed by atoms with Crippen LogP contribution in [0.2, 0.25) is 0 Å². The van der Waals surface area contributed by atoms with Gasteiger partial charge in [-0.05, 0) is 37.3 Å². The molecule has 1 aliphatic rings. The first-order valence-electron chi connectivity index (χ1n) is 8.40. The fraction of sp³-hybridized carbons (Fsp3) is 0.200. The number of para-hydroxylation sites is 1. The summed E-state index contributed by atoms with van der Waals surface area (Å²) in [6, 6.07) is 13.3. The SMILES string of the molecule is COc1ccc(NC(=O)C2=C(C)NC(=O)NC2c2ccccc2OC)cc1. The van der Waals surface area contributed by atoms with E-state index in [1.165, 1.54) is 0 Å². The first-order valence-corrected chi connectivity index (χ1v) is 8.40. The molecule has 27 heavy (non-hydrogen) atoms. The van der Waals surface area contributed by atoms with Crippen LogP contribution in [0.25, 0.3) is 0 Å². The van der Waals surface area contributed by atoms with Gasteiger partial charge in [-0.25, -0.2) is 4.79 Å². The molecule has 3 N–H and O–H groups in total. The van der Waals surface area contributed by atoms with Crippen molar-refractivity contribution in [1.82, 2.24) is 10.6 Å². The number of nitrogens with one attached hydrogen (secondary N) is 3. The van der Waals surface area contributed by atoms with Gasteiger partial charge in [-0.1, -0.05) is 18.2 Å². The molecule has 0 saturated heterocycles. The second kappa shape index (κ2) is 7.82. The van der Waals surface area contributed by atoms with Crippen LogP contribution in [0.4, 0.5) is 10.5 Å². The van der Waals surface area contributed by atoms with E-state index in [0.29, 0.717) is 34.0 Å². The number of allylic oxidation sites excluding steroid dienone is 1. The smallest absolute Gasteiger partial charge is 0.319 e. The molecule has 0 aliphatic carbocycles. The van der Waals surface area contributed by atoms with Crippen LogP contribution < -0.4 is 25.4 Å². The Hall–Kier alpha value is -3.48. The minimum Gasteiger partial charge on any atom is -0.497 e. The Kier molecular flexibility index (Phi) is 5.30. The number of ether oxygens (including phenoxy) is 2. The zero-order valence-electron chi connectivity index (χ0n) is 15.3. The second-order valence-electron chi connectivity index (χ2n) is 5.99. The lowest BCUT2D eigenvalue weighted by atomic mass is 9.94. The number of amides is 3. The molecule has 140 valence electrons. The van der Waals surface area contributed by atoms with Crippen LogP contribution in [0, 0.1) is 0 Å². The summed E-state index contributed by atoms with van der Waals surface area (Å²) >= 11 is 0. The molecule has 0 fully saturated rings. The Labute approximate surface area is 157 Å². The summed E-state index contributed by atoms with van der Waals surface area (Å²) in [7, 11) is 3.13. The Bertz CT molecular complexity index is 890. The van der Waals surface area contributed by atoms with Crippen molar-refractivity contribution in [3.8, 4) is 11.5 Å². The molecule has 1 heterocycles. The van der Waals surface area contributed by atoms with E-state index >= 15 is 0 Å². The van der Waals surface area contributed by atoms with Gasteiger partial charge in [-0.3, -0.25) is 4.79 Å². The standard InChI is InChI=1S/C20H21N3O4/c1-12-17(19(24)22-13-8-10-14(26-2)11-9-13)18(23-20(25)21-12)15-6-4-5-7-16(15)27-3/h4-11,18H,1-3H3,(H,22,24)(H2,21,23,25). The van der Waals surface area contributed by atoms with Gasteiger partial charge in [0.05, 0.1) is 25.8 Å². The molecule has 0 radical (unpaired) electrons. The molecule has 1 aliphatic heterocycles. The summed E-state index contributed by atoms with van der Waals surface area (Å²) in [6.07, 6.45) is 0. The number of rotatable bonds is 5. The van der Waals surface area contributed by atoms with Crippen molar-refractivity contribution in [1.29, 1.82) is 0 Å². The molecule has 2 aromatic carbocycles. The van der Waals surface area contributed by atoms with E-state index in [0.717, 1.165) is 0 Å². The summed E-state index contributed by atoms with van der Waals surface area (Å²) in [4.78, 5) is 25.0. The third kappa shape index (κ3) is 3.87. The Balaban J connectivity index is 1.94. The van der Waals surface area contributed by atoms with Crippen LogP contribution >= 0.6 is 0 Å². The summed E-state index contributed by atoms with van der Waals surface area (Å²) in [5, 5.41) is 8.32. The molecule has 7 heteroatoms. The van der Waals surface area contributed by atoms with E-state index in [1.807, 2.05) is 18.2 Å². The van der Waals surface area contributed by atoms with Gasteiger partial charge in [0.15, 0.2) is 0 Å². The molecule has 0 saturated carbocycles. The van der Waals surface area contributed by atoms with Crippen molar-refractivity contribution in [2.24, 2.45) is 0 Å². The van der Waals surface area contributed by atoms with Gasteiger partial charge in [0.25, 0.3) is 5.91 Å². The van der Waals surface area contributed by atoms with E-state index in [4.69, 9.17) is 9.47 Å². The molecule has 1 atom stereocenters. The lowest BCUT2D eigenvalue weighted by Gasteiger charge is -2.29. The minimum atomic E-state index is -0.631. The molecular weight excluding hydrogens is 346 g/mol. The highest BCUT2D eigenvalue weighted by atomic mass is 16.5. The van der Waals surface area contributed by atoms with Gasteiger partial charge in [0, 0.05) is 16.9 Å². The number of hydrogen-bond donors (Lipinski definition) is 3. The van der Waals surface area contributed by atoms with Crippen molar-refractivity contribution in [2.45, 2.75) is 13.0 Å². The highest BCUT2D eigenvalue weighted by Crippen LogP contribution is 2.33. The van der Waals surface area contributed by atoms with E-state index in [9.17, 15) is 9.59 Å². The highest BCUT2D eigenvalue weighted by molar-refractivity contribution is 6.06. The normalized spacial score (nSPS) is 16.3. The fourth-order valence-corrected chi connectivity index (χ4v) is 3.01. The first kappa shape index (κ1) is 18.3. The monoisotopic (exact) mass is 367 g/mol. The number of methoxy groups -OCH3 is 2. The lowest BCUT2D eigenvalue weighted by molar-refractivity contribution is -0.113. The molecule has 3 amide bonds. The minimum absolute atomic E-state index is 0.318. The average Bonchev–Trinajstić information content (AvgIpc) is 2.67. The first-order chi connectivity index (χ1) is 13.0. The molecule has 0 spiro atoms. The van der Waals surface area contributed by atoms with Crippen LogP contribution in [0.5, 0.6) is 11.5 Å². The van der Waals surface area contributed by atoms with E-state index < -0.39 is 6.04 Å². The topological polar surface area (TPSA) is 88.7 Å². The Morgan fingerprint density at radius 3 is 2.41 bits per heavy atom. The molecule has 7 nitrogen and oxygen atoms in total. The van der Waals surface area contributed by atoms with Crippen LogP contribution in [-0.4, -0.2) is 26.2 Å². The number of carbonyl (C=O) groups excluding carboxylic acids is 2. The number of carbonyl (C=O) groups is 2. The molecule has 0 aromatic heterocycles. The quantitative estimate of drug-likeness (QED) is 0.758. The lowest BCUT2D eigenvalue weighted by Crippen LogP contribution is -2.46. The Morgan fingerprint density at radius 2 is 1.74 bits per heavy atom. The van der Waals surface area contributed by atoms with E-state index in [-0.39, 0.29) is 11.9 Å². The van der Waals surface area contributed by atoms with Crippen molar-refractivity contribution in [3.63, 3.8) is 0 Å². The predicted molar refractivity (Wildman–Crippen MR) is 102 cm³/mol. The summed E-state index contributed by atoms with van der Waals surface area (Å²) in [5.74, 6) is 0.968. The molecule has 3 rings (SSSR count). The number of anilines is 1. The zero-order chi connectivity index (χ0) is 19.4. The van der Waals surface area contributed by atoms with Crippen LogP contribution in [0.1, 0.15) is 18.5 Å². The van der Waals surface area contributed by atoms with Crippen LogP contribution in [0.15, 0.2) is 59.8 Å². The van der Waals surface area contributed by atoms with Crippen molar-refractivity contribution in [2.75, 3.05) is 19.5 Å². The third-order valence-electron chi connectivity index (χ3n) is 4.31. The maximum atomic E-state index is 13.0. The van der Waals surface area contributed by atoms with Crippen molar-refractivity contribution in [3.05, 3.63) is 65.4 Å². The van der Waals surface area contributed by atoms with Crippen molar-refractivity contribution < 1.29 is 19.1 Å². The molecule has 0 bridgehead atoms. The zero-order valence-corrected chi connectivity index (χ0v) is 15.3. The molecule has 2 aromatic rings. The van der Waals surface area contributed by atoms with Gasteiger partial charge in [0.1, 0.15) is 11.5 Å². The summed E-state index contributed by atoms with van der Waals surface area (Å²) in [6.45, 7) is 1.70. The largest absolute Gasteiger partial charge is 0.497 e. The average molecular weight is 367 g/mol. The van der Waals surface area contributed by atoms with E-state index in [2.05, 4.69) is 16.0 Å². The maximum absolute atomic E-state index is 13.0. The summed E-state index contributed by atoms with van der Waals surface area (Å²) < 4.78 is 10.5. The van der Waals surface area contributed by atoms with Crippen LogP contribution in [-0.2, 0) is 4.79 Å². The summed E-state index contributed by atoms with van der Waals surface area (Å²) in [5.41, 5.74) is 2.22. The third-order valence-corrected chi connectivity index (χ3v) is 4.31. The predicted octanol–water partition coefficient (Wildman–Crippen LogP) is 2.97. The van der Waals surface area contributed by atoms with Gasteiger partial charge in [0.2, 0.25) is 0 Å². The molecule has 1 unspecified atom stereocenters. The van der Waals surface area contributed by atoms with Gasteiger partial charge < -0.3 is 25.4 Å². The number of hydrogen-bond acceptors (Lipinski definition) is 4. The second-order valence-corrected chi connectivity index (χ2v) is 5.99. The fourth-order valence-electron chi connectivity index (χ4n) is 3.01. The molecular formula is C20H21N3O4. The number of urea groups is 1. The maximum Gasteiger partial charge on any atom is 0.319 e. The van der Waals surface area contributed by atoms with Gasteiger partial charge in [-0.2, -0.15) is 0 Å². The number of benzene rings is 2. The van der Waals surface area contributed by atoms with Gasteiger partial charge in [-0.15, -0.1) is 0 Å². The van der Waals surface area contributed by atoms with Crippen molar-refractivity contribution >= 4 is 17.6 Å². The van der Waals surface area contributed by atoms with Gasteiger partial charge >= 0.3 is 6.03 Å². The van der Waals surface area contributed by atoms with Crippen LogP contribution in [0.3, 0.4) is 0 Å². The Morgan fingerprint density at radius 1 is 1.04 bits per heavy atom. The van der Waals surface area contributed by atoms with E-state index in [1.54, 1.807) is 51.5 Å².